The number of nitrogens with two attached hydrogens (primary N) is 1. The van der Waals surface area contributed by atoms with Crippen molar-refractivity contribution in [2.75, 3.05) is 25.5 Å². The van der Waals surface area contributed by atoms with Crippen LogP contribution in [0.5, 0.6) is 0 Å². The molecule has 0 aliphatic rings. The predicted octanol–water partition coefficient (Wildman–Crippen LogP) is 1.43. The summed E-state index contributed by atoms with van der Waals surface area (Å²) in [7, 11) is 1.87. The minimum Gasteiger partial charge on any atom is -0.330 e. The maximum atomic E-state index is 12.9. The van der Waals surface area contributed by atoms with Gasteiger partial charge in [0.15, 0.2) is 0 Å². The summed E-state index contributed by atoms with van der Waals surface area (Å²) in [6.07, 6.45) is 0.837. The molecule has 3 N–H and O–H groups in total. The van der Waals surface area contributed by atoms with E-state index in [1.165, 1.54) is 12.1 Å². The number of amides is 1. The van der Waals surface area contributed by atoms with Crippen LogP contribution in [0.25, 0.3) is 0 Å². The lowest BCUT2D eigenvalue weighted by Gasteiger charge is -2.23. The topological polar surface area (TPSA) is 58.4 Å². The fourth-order valence-corrected chi connectivity index (χ4v) is 1.61. The molecule has 0 radical (unpaired) electrons. The van der Waals surface area contributed by atoms with Crippen molar-refractivity contribution in [1.29, 1.82) is 0 Å². The third-order valence-electron chi connectivity index (χ3n) is 2.84. The van der Waals surface area contributed by atoms with Crippen LogP contribution >= 0.6 is 0 Å². The normalized spacial score (nSPS) is 12.5. The average molecular weight is 253 g/mol. The molecule has 0 spiro atoms. The first-order valence-electron chi connectivity index (χ1n) is 5.98. The van der Waals surface area contributed by atoms with Crippen LogP contribution in [0.1, 0.15) is 13.3 Å². The highest BCUT2D eigenvalue weighted by Gasteiger charge is 2.12. The van der Waals surface area contributed by atoms with E-state index in [0.29, 0.717) is 12.2 Å². The Balaban J connectivity index is 2.46. The number of nitrogens with zero attached hydrogens (tertiary/aromatic N) is 1. The maximum absolute atomic E-state index is 12.9. The monoisotopic (exact) mass is 253 g/mol. The molecule has 0 saturated heterocycles. The number of benzene rings is 1. The second kappa shape index (κ2) is 7.08. The third-order valence-corrected chi connectivity index (χ3v) is 2.84. The Morgan fingerprint density at radius 2 is 2.28 bits per heavy atom. The van der Waals surface area contributed by atoms with Crippen molar-refractivity contribution in [3.05, 3.63) is 30.1 Å². The molecule has 0 saturated carbocycles. The zero-order valence-corrected chi connectivity index (χ0v) is 10.8. The van der Waals surface area contributed by atoms with Gasteiger partial charge in [-0.3, -0.25) is 9.69 Å². The van der Waals surface area contributed by atoms with Gasteiger partial charge in [0.05, 0.1) is 6.54 Å². The fraction of sp³-hybridized carbons (Fsp3) is 0.462. The van der Waals surface area contributed by atoms with Gasteiger partial charge in [-0.2, -0.15) is 0 Å². The zero-order chi connectivity index (χ0) is 13.5. The van der Waals surface area contributed by atoms with Gasteiger partial charge in [0, 0.05) is 11.7 Å². The number of rotatable bonds is 6. The Hall–Kier alpha value is -1.46. The van der Waals surface area contributed by atoms with E-state index in [1.54, 1.807) is 12.1 Å². The van der Waals surface area contributed by atoms with Crippen molar-refractivity contribution in [3.8, 4) is 0 Å². The number of anilines is 1. The van der Waals surface area contributed by atoms with Crippen LogP contribution in [0.4, 0.5) is 10.1 Å². The fourth-order valence-electron chi connectivity index (χ4n) is 1.61. The summed E-state index contributed by atoms with van der Waals surface area (Å²) in [6, 6.07) is 6.09. The predicted molar refractivity (Wildman–Crippen MR) is 70.8 cm³/mol. The first kappa shape index (κ1) is 14.6. The Kier molecular flexibility index (Phi) is 5.74. The van der Waals surface area contributed by atoms with Gasteiger partial charge in [0.1, 0.15) is 5.82 Å². The van der Waals surface area contributed by atoms with Gasteiger partial charge in [-0.25, -0.2) is 4.39 Å². The lowest BCUT2D eigenvalue weighted by atomic mass is 10.2. The lowest BCUT2D eigenvalue weighted by molar-refractivity contribution is -0.117. The van der Waals surface area contributed by atoms with E-state index in [4.69, 9.17) is 5.73 Å². The number of hydrogen-bond donors (Lipinski definition) is 2. The summed E-state index contributed by atoms with van der Waals surface area (Å²) < 4.78 is 12.9. The standard InChI is InChI=1S/C13H20FN3O/c1-10(6-7-15)17(2)9-13(18)16-12-5-3-4-11(14)8-12/h3-5,8,10H,6-7,9,15H2,1-2H3,(H,16,18). The van der Waals surface area contributed by atoms with Crippen LogP contribution in [-0.2, 0) is 4.79 Å². The van der Waals surface area contributed by atoms with Crippen LogP contribution in [0.2, 0.25) is 0 Å². The van der Waals surface area contributed by atoms with Crippen molar-refractivity contribution >= 4 is 11.6 Å². The Labute approximate surface area is 107 Å². The average Bonchev–Trinajstić information content (AvgIpc) is 2.28. The second-order valence-corrected chi connectivity index (χ2v) is 4.40. The molecule has 0 fully saturated rings. The third kappa shape index (κ3) is 4.81. The van der Waals surface area contributed by atoms with Crippen molar-refractivity contribution in [2.24, 2.45) is 5.73 Å². The van der Waals surface area contributed by atoms with E-state index in [9.17, 15) is 9.18 Å². The molecule has 1 aromatic rings. The number of nitrogens with one attached hydrogen (secondary N) is 1. The van der Waals surface area contributed by atoms with Crippen LogP contribution in [0, 0.1) is 5.82 Å². The van der Waals surface area contributed by atoms with Crippen molar-refractivity contribution in [1.82, 2.24) is 4.90 Å². The van der Waals surface area contributed by atoms with Crippen molar-refractivity contribution in [3.63, 3.8) is 0 Å². The summed E-state index contributed by atoms with van der Waals surface area (Å²) in [5, 5.41) is 2.66. The molecular weight excluding hydrogens is 233 g/mol. The van der Waals surface area contributed by atoms with Gasteiger partial charge in [-0.15, -0.1) is 0 Å². The molecule has 5 heteroatoms. The van der Waals surface area contributed by atoms with E-state index in [0.717, 1.165) is 6.42 Å². The highest BCUT2D eigenvalue weighted by atomic mass is 19.1. The highest BCUT2D eigenvalue weighted by Crippen LogP contribution is 2.09. The van der Waals surface area contributed by atoms with E-state index in [2.05, 4.69) is 5.32 Å². The van der Waals surface area contributed by atoms with Crippen molar-refractivity contribution in [2.45, 2.75) is 19.4 Å². The molecular formula is C13H20FN3O. The first-order valence-corrected chi connectivity index (χ1v) is 5.98. The number of halogens is 1. The highest BCUT2D eigenvalue weighted by molar-refractivity contribution is 5.92. The zero-order valence-electron chi connectivity index (χ0n) is 10.8. The van der Waals surface area contributed by atoms with Gasteiger partial charge in [-0.05, 0) is 45.1 Å². The molecule has 0 aliphatic carbocycles. The minimum absolute atomic E-state index is 0.160. The molecule has 0 aromatic heterocycles. The molecule has 18 heavy (non-hydrogen) atoms. The SMILES string of the molecule is CC(CCN)N(C)CC(=O)Nc1cccc(F)c1. The molecule has 0 bridgehead atoms. The minimum atomic E-state index is -0.363. The van der Waals surface area contributed by atoms with Gasteiger partial charge in [-0.1, -0.05) is 6.07 Å². The molecule has 100 valence electrons. The van der Waals surface area contributed by atoms with Gasteiger partial charge >= 0.3 is 0 Å². The van der Waals surface area contributed by atoms with Crippen molar-refractivity contribution < 1.29 is 9.18 Å². The second-order valence-electron chi connectivity index (χ2n) is 4.40. The van der Waals surface area contributed by atoms with E-state index in [-0.39, 0.29) is 24.3 Å². The summed E-state index contributed by atoms with van der Waals surface area (Å²) in [4.78, 5) is 13.7. The van der Waals surface area contributed by atoms with Crippen LogP contribution in [0.3, 0.4) is 0 Å². The summed E-state index contributed by atoms with van der Waals surface area (Å²) in [5.74, 6) is -0.523. The van der Waals surface area contributed by atoms with Crippen LogP contribution in [0.15, 0.2) is 24.3 Å². The number of carbonyl (C=O) groups excluding carboxylic acids is 1. The lowest BCUT2D eigenvalue weighted by Crippen LogP contribution is -2.37. The van der Waals surface area contributed by atoms with E-state index < -0.39 is 0 Å². The molecule has 1 rings (SSSR count). The van der Waals surface area contributed by atoms with Gasteiger partial charge in [0.2, 0.25) is 5.91 Å². The summed E-state index contributed by atoms with van der Waals surface area (Å²) in [6.45, 7) is 2.87. The first-order chi connectivity index (χ1) is 8.52. The summed E-state index contributed by atoms with van der Waals surface area (Å²) in [5.41, 5.74) is 5.94. The Morgan fingerprint density at radius 1 is 1.56 bits per heavy atom. The molecule has 4 nitrogen and oxygen atoms in total. The van der Waals surface area contributed by atoms with Gasteiger partial charge in [0.25, 0.3) is 0 Å². The molecule has 1 atom stereocenters. The molecule has 0 heterocycles. The molecule has 0 aliphatic heterocycles. The number of likely N-dealkylation sites (N-methyl/N-ethyl adjacent to an activating group) is 1. The largest absolute Gasteiger partial charge is 0.330 e. The quantitative estimate of drug-likeness (QED) is 0.806. The van der Waals surface area contributed by atoms with Crippen LogP contribution in [-0.4, -0.2) is 37.0 Å². The van der Waals surface area contributed by atoms with E-state index in [1.807, 2.05) is 18.9 Å². The molecule has 1 unspecified atom stereocenters. The Bertz CT molecular complexity index is 398. The number of carbonyl (C=O) groups is 1. The van der Waals surface area contributed by atoms with Gasteiger partial charge < -0.3 is 11.1 Å². The molecule has 1 aromatic carbocycles. The van der Waals surface area contributed by atoms with Crippen LogP contribution < -0.4 is 11.1 Å². The smallest absolute Gasteiger partial charge is 0.238 e. The number of hydrogen-bond acceptors (Lipinski definition) is 3. The summed E-state index contributed by atoms with van der Waals surface area (Å²) >= 11 is 0. The molecule has 1 amide bonds. The van der Waals surface area contributed by atoms with E-state index >= 15 is 0 Å². The Morgan fingerprint density at radius 3 is 2.89 bits per heavy atom. The maximum Gasteiger partial charge on any atom is 0.238 e.